The van der Waals surface area contributed by atoms with Gasteiger partial charge in [0.25, 0.3) is 5.91 Å². The first-order valence-corrected chi connectivity index (χ1v) is 13.3. The van der Waals surface area contributed by atoms with Crippen molar-refractivity contribution in [3.05, 3.63) is 89.3 Å². The predicted octanol–water partition coefficient (Wildman–Crippen LogP) is 6.09. The van der Waals surface area contributed by atoms with Gasteiger partial charge >= 0.3 is 0 Å². The van der Waals surface area contributed by atoms with Gasteiger partial charge in [-0.1, -0.05) is 67.9 Å². The lowest BCUT2D eigenvalue weighted by Gasteiger charge is -2.05. The van der Waals surface area contributed by atoms with E-state index in [-0.39, 0.29) is 10.8 Å². The number of hydrogen-bond donors (Lipinski definition) is 1. The van der Waals surface area contributed by atoms with E-state index in [0.29, 0.717) is 10.7 Å². The third-order valence-corrected chi connectivity index (χ3v) is 7.36. The Balaban J connectivity index is 1.57. The van der Waals surface area contributed by atoms with E-state index in [4.69, 9.17) is 4.98 Å². The topological polar surface area (TPSA) is 76.1 Å². The van der Waals surface area contributed by atoms with E-state index in [1.807, 2.05) is 18.2 Å². The molecular formula is C26H24N2O3S2. The van der Waals surface area contributed by atoms with Crippen LogP contribution < -0.4 is 5.32 Å². The largest absolute Gasteiger partial charge is 0.298 e. The third kappa shape index (κ3) is 5.38. The van der Waals surface area contributed by atoms with E-state index in [9.17, 15) is 13.2 Å². The first kappa shape index (κ1) is 22.9. The quantitative estimate of drug-likeness (QED) is 0.350. The minimum Gasteiger partial charge on any atom is -0.298 e. The maximum Gasteiger partial charge on any atom is 0.257 e. The number of sulfone groups is 1. The molecule has 33 heavy (non-hydrogen) atoms. The third-order valence-electron chi connectivity index (χ3n) is 5.20. The highest BCUT2D eigenvalue weighted by Crippen LogP contribution is 2.33. The summed E-state index contributed by atoms with van der Waals surface area (Å²) >= 11 is 1.47. The van der Waals surface area contributed by atoms with Crippen molar-refractivity contribution in [3.63, 3.8) is 0 Å². The molecule has 1 N–H and O–H groups in total. The second-order valence-corrected chi connectivity index (χ2v) is 10.8. The van der Waals surface area contributed by atoms with E-state index in [0.717, 1.165) is 46.4 Å². The summed E-state index contributed by atoms with van der Waals surface area (Å²) in [4.78, 5) is 18.7. The average molecular weight is 477 g/mol. The number of nitrogens with one attached hydrogen (secondary N) is 1. The number of aromatic nitrogens is 1. The van der Waals surface area contributed by atoms with Gasteiger partial charge < -0.3 is 0 Å². The summed E-state index contributed by atoms with van der Waals surface area (Å²) in [7, 11) is -3.31. The van der Waals surface area contributed by atoms with Crippen LogP contribution in [0.4, 0.5) is 5.13 Å². The minimum atomic E-state index is -3.31. The fourth-order valence-electron chi connectivity index (χ4n) is 3.50. The molecule has 0 aliphatic rings. The lowest BCUT2D eigenvalue weighted by atomic mass is 10.0. The number of rotatable bonds is 7. The van der Waals surface area contributed by atoms with Crippen LogP contribution in [0.15, 0.2) is 83.8 Å². The van der Waals surface area contributed by atoms with Gasteiger partial charge in [-0.25, -0.2) is 13.4 Å². The van der Waals surface area contributed by atoms with Crippen LogP contribution in [0.1, 0.15) is 28.6 Å². The molecule has 1 amide bonds. The number of carbonyl (C=O) groups excluding carboxylic acids is 1. The van der Waals surface area contributed by atoms with Crippen LogP contribution in [-0.4, -0.2) is 25.6 Å². The highest BCUT2D eigenvalue weighted by molar-refractivity contribution is 7.90. The van der Waals surface area contributed by atoms with Crippen molar-refractivity contribution in [2.45, 2.75) is 24.7 Å². The number of anilines is 1. The molecule has 0 saturated heterocycles. The predicted molar refractivity (Wildman–Crippen MR) is 134 cm³/mol. The molecule has 1 heterocycles. The molecule has 0 aliphatic heterocycles. The smallest absolute Gasteiger partial charge is 0.257 e. The molecule has 7 heteroatoms. The van der Waals surface area contributed by atoms with E-state index in [2.05, 4.69) is 48.6 Å². The highest BCUT2D eigenvalue weighted by Gasteiger charge is 2.16. The van der Waals surface area contributed by atoms with Gasteiger partial charge in [0, 0.05) is 22.3 Å². The maximum absolute atomic E-state index is 12.7. The summed E-state index contributed by atoms with van der Waals surface area (Å²) in [6.45, 7) is 2.11. The van der Waals surface area contributed by atoms with Gasteiger partial charge in [-0.15, -0.1) is 11.3 Å². The second kappa shape index (κ2) is 9.68. The Bertz CT molecular complexity index is 1360. The molecule has 0 fully saturated rings. The zero-order chi connectivity index (χ0) is 23.4. The fraction of sp³-hybridized carbons (Fsp3) is 0.154. The first-order chi connectivity index (χ1) is 15.8. The maximum atomic E-state index is 12.7. The number of benzene rings is 3. The Kier molecular flexibility index (Phi) is 6.72. The standard InChI is InChI=1S/C26H24N2O3S2/c1-3-7-23-24(20-12-10-19(11-13-20)18-8-5-4-6-9-18)27-26(32-23)28-25(29)21-14-16-22(17-15-21)33(2,30)31/h4-6,8-17H,3,7H2,1-2H3,(H,27,28,29). The van der Waals surface area contributed by atoms with Gasteiger partial charge in [-0.2, -0.15) is 0 Å². The molecule has 0 unspecified atom stereocenters. The van der Waals surface area contributed by atoms with E-state index >= 15 is 0 Å². The van der Waals surface area contributed by atoms with Gasteiger partial charge in [-0.05, 0) is 41.8 Å². The van der Waals surface area contributed by atoms with E-state index < -0.39 is 9.84 Å². The van der Waals surface area contributed by atoms with Crippen LogP contribution in [0.5, 0.6) is 0 Å². The molecule has 3 aromatic carbocycles. The Morgan fingerprint density at radius 1 is 0.879 bits per heavy atom. The molecular weight excluding hydrogens is 452 g/mol. The van der Waals surface area contributed by atoms with Crippen molar-refractivity contribution in [1.29, 1.82) is 0 Å². The van der Waals surface area contributed by atoms with Gasteiger partial charge in [0.05, 0.1) is 10.6 Å². The summed E-state index contributed by atoms with van der Waals surface area (Å²) in [5, 5.41) is 3.39. The van der Waals surface area contributed by atoms with Crippen LogP contribution in [-0.2, 0) is 16.3 Å². The molecule has 0 aliphatic carbocycles. The van der Waals surface area contributed by atoms with Crippen molar-refractivity contribution >= 4 is 32.2 Å². The lowest BCUT2D eigenvalue weighted by Crippen LogP contribution is -2.11. The van der Waals surface area contributed by atoms with Crippen molar-refractivity contribution < 1.29 is 13.2 Å². The molecule has 0 radical (unpaired) electrons. The molecule has 1 aromatic heterocycles. The van der Waals surface area contributed by atoms with Gasteiger partial charge in [0.1, 0.15) is 0 Å². The zero-order valence-corrected chi connectivity index (χ0v) is 20.0. The number of nitrogens with zero attached hydrogens (tertiary/aromatic N) is 1. The second-order valence-electron chi connectivity index (χ2n) is 7.73. The number of hydrogen-bond acceptors (Lipinski definition) is 5. The summed E-state index contributed by atoms with van der Waals surface area (Å²) in [5.74, 6) is -0.321. The van der Waals surface area contributed by atoms with Crippen LogP contribution in [0.25, 0.3) is 22.4 Å². The minimum absolute atomic E-state index is 0.180. The van der Waals surface area contributed by atoms with Crippen LogP contribution in [0, 0.1) is 0 Å². The van der Waals surface area contributed by atoms with Crippen molar-refractivity contribution in [1.82, 2.24) is 4.98 Å². The SMILES string of the molecule is CCCc1sc(NC(=O)c2ccc(S(C)(=O)=O)cc2)nc1-c1ccc(-c2ccccc2)cc1. The molecule has 0 atom stereocenters. The lowest BCUT2D eigenvalue weighted by molar-refractivity contribution is 0.102. The van der Waals surface area contributed by atoms with Gasteiger partial charge in [-0.3, -0.25) is 10.1 Å². The molecule has 4 aromatic rings. The van der Waals surface area contributed by atoms with Gasteiger partial charge in [0.15, 0.2) is 15.0 Å². The Hall–Kier alpha value is -3.29. The van der Waals surface area contributed by atoms with Crippen LogP contribution >= 0.6 is 11.3 Å². The fourth-order valence-corrected chi connectivity index (χ4v) is 5.21. The number of aryl methyl sites for hydroxylation is 1. The van der Waals surface area contributed by atoms with Gasteiger partial charge in [0.2, 0.25) is 0 Å². The normalized spacial score (nSPS) is 11.3. The molecule has 5 nitrogen and oxygen atoms in total. The Labute approximate surface area is 198 Å². The number of amides is 1. The summed E-state index contributed by atoms with van der Waals surface area (Å²) in [6, 6.07) is 24.4. The van der Waals surface area contributed by atoms with Crippen molar-refractivity contribution in [2.75, 3.05) is 11.6 Å². The molecule has 0 bridgehead atoms. The average Bonchev–Trinajstić information content (AvgIpc) is 3.21. The molecule has 0 spiro atoms. The first-order valence-electron chi connectivity index (χ1n) is 10.6. The Morgan fingerprint density at radius 2 is 1.48 bits per heavy atom. The summed E-state index contributed by atoms with van der Waals surface area (Å²) in [6.07, 6.45) is 2.98. The summed E-state index contributed by atoms with van der Waals surface area (Å²) in [5.41, 5.74) is 4.56. The molecule has 0 saturated carbocycles. The van der Waals surface area contributed by atoms with Crippen molar-refractivity contribution in [3.8, 4) is 22.4 Å². The zero-order valence-electron chi connectivity index (χ0n) is 18.4. The number of thiazole rings is 1. The van der Waals surface area contributed by atoms with Crippen LogP contribution in [0.3, 0.4) is 0 Å². The van der Waals surface area contributed by atoms with Crippen molar-refractivity contribution in [2.24, 2.45) is 0 Å². The Morgan fingerprint density at radius 3 is 2.09 bits per heavy atom. The van der Waals surface area contributed by atoms with E-state index in [1.54, 1.807) is 0 Å². The monoisotopic (exact) mass is 476 g/mol. The van der Waals surface area contributed by atoms with Crippen LogP contribution in [0.2, 0.25) is 0 Å². The highest BCUT2D eigenvalue weighted by atomic mass is 32.2. The molecule has 4 rings (SSSR count). The number of carbonyl (C=O) groups is 1. The van der Waals surface area contributed by atoms with E-state index in [1.165, 1.54) is 35.6 Å². The summed E-state index contributed by atoms with van der Waals surface area (Å²) < 4.78 is 23.3. The molecule has 168 valence electrons.